The fourth-order valence-corrected chi connectivity index (χ4v) is 1.98. The van der Waals surface area contributed by atoms with Crippen molar-refractivity contribution in [3.05, 3.63) is 11.6 Å². The molecule has 1 amide bonds. The van der Waals surface area contributed by atoms with E-state index >= 15 is 0 Å². The van der Waals surface area contributed by atoms with Crippen molar-refractivity contribution in [1.82, 2.24) is 19.7 Å². The minimum atomic E-state index is -0.450. The lowest BCUT2D eigenvalue weighted by Crippen LogP contribution is -2.38. The molecule has 6 heteroatoms. The van der Waals surface area contributed by atoms with Crippen molar-refractivity contribution >= 4 is 6.09 Å². The van der Waals surface area contributed by atoms with Gasteiger partial charge in [0, 0.05) is 26.1 Å². The molecule has 2 rings (SSSR count). The summed E-state index contributed by atoms with van der Waals surface area (Å²) in [5, 5.41) is 8.17. The Bertz CT molecular complexity index is 447. The number of aryl methyl sites for hydroxylation is 1. The van der Waals surface area contributed by atoms with E-state index < -0.39 is 5.60 Å². The Morgan fingerprint density at radius 2 is 1.94 bits per heavy atom. The minimum absolute atomic E-state index is 0.251. The van der Waals surface area contributed by atoms with Crippen molar-refractivity contribution in [2.24, 2.45) is 0 Å². The largest absolute Gasteiger partial charge is 0.444 e. The molecule has 0 atom stereocenters. The van der Waals surface area contributed by atoms with Crippen molar-refractivity contribution < 1.29 is 9.53 Å². The first-order chi connectivity index (χ1) is 8.37. The zero-order valence-electron chi connectivity index (χ0n) is 11.4. The lowest BCUT2D eigenvalue weighted by molar-refractivity contribution is 0.0254. The Morgan fingerprint density at radius 1 is 1.22 bits per heavy atom. The van der Waals surface area contributed by atoms with E-state index in [2.05, 4.69) is 14.8 Å². The summed E-state index contributed by atoms with van der Waals surface area (Å²) >= 11 is 0. The average molecular weight is 252 g/mol. The molecule has 1 aliphatic rings. The summed E-state index contributed by atoms with van der Waals surface area (Å²) < 4.78 is 7.44. The molecule has 0 saturated heterocycles. The molecule has 18 heavy (non-hydrogen) atoms. The van der Waals surface area contributed by atoms with Gasteiger partial charge in [-0.3, -0.25) is 0 Å². The van der Waals surface area contributed by atoms with Crippen LogP contribution in [0.15, 0.2) is 0 Å². The monoisotopic (exact) mass is 252 g/mol. The standard InChI is InChI=1S/C12H20N4O2/c1-9-13-14-10-5-6-15(7-8-16(9)10)11(17)18-12(2,3)4/h5-8H2,1-4H3. The van der Waals surface area contributed by atoms with Crippen LogP contribution < -0.4 is 0 Å². The third-order valence-corrected chi connectivity index (χ3v) is 2.86. The molecule has 0 aliphatic carbocycles. The Morgan fingerprint density at radius 3 is 2.61 bits per heavy atom. The number of ether oxygens (including phenoxy) is 1. The maximum Gasteiger partial charge on any atom is 0.410 e. The molecule has 0 bridgehead atoms. The molecule has 1 aromatic heterocycles. The van der Waals surface area contributed by atoms with E-state index in [0.29, 0.717) is 13.1 Å². The molecule has 2 heterocycles. The number of rotatable bonds is 0. The summed E-state index contributed by atoms with van der Waals surface area (Å²) in [4.78, 5) is 13.7. The summed E-state index contributed by atoms with van der Waals surface area (Å²) in [7, 11) is 0. The molecule has 0 saturated carbocycles. The van der Waals surface area contributed by atoms with E-state index in [9.17, 15) is 4.79 Å². The number of fused-ring (bicyclic) bond motifs is 1. The van der Waals surface area contributed by atoms with Crippen LogP contribution in [0.3, 0.4) is 0 Å². The van der Waals surface area contributed by atoms with Crippen molar-refractivity contribution in [3.8, 4) is 0 Å². The Labute approximate surface area is 107 Å². The number of amides is 1. The van der Waals surface area contributed by atoms with Crippen LogP contribution in [-0.4, -0.2) is 44.4 Å². The lowest BCUT2D eigenvalue weighted by Gasteiger charge is -2.26. The second-order valence-electron chi connectivity index (χ2n) is 5.53. The SMILES string of the molecule is Cc1nnc2n1CCN(C(=O)OC(C)(C)C)CC2. The van der Waals surface area contributed by atoms with Gasteiger partial charge < -0.3 is 14.2 Å². The summed E-state index contributed by atoms with van der Waals surface area (Å²) in [5.74, 6) is 1.84. The van der Waals surface area contributed by atoms with Crippen LogP contribution in [0.4, 0.5) is 4.79 Å². The van der Waals surface area contributed by atoms with E-state index in [1.54, 1.807) is 4.90 Å². The highest BCUT2D eigenvalue weighted by Gasteiger charge is 2.25. The van der Waals surface area contributed by atoms with E-state index in [1.165, 1.54) is 0 Å². The number of aromatic nitrogens is 3. The van der Waals surface area contributed by atoms with Crippen molar-refractivity contribution in [2.75, 3.05) is 13.1 Å². The van der Waals surface area contributed by atoms with Crippen LogP contribution >= 0.6 is 0 Å². The number of carbonyl (C=O) groups is 1. The fraction of sp³-hybridized carbons (Fsp3) is 0.750. The van der Waals surface area contributed by atoms with Crippen molar-refractivity contribution in [1.29, 1.82) is 0 Å². The third-order valence-electron chi connectivity index (χ3n) is 2.86. The molecule has 1 aliphatic heterocycles. The van der Waals surface area contributed by atoms with Gasteiger partial charge in [-0.25, -0.2) is 4.79 Å². The molecule has 0 N–H and O–H groups in total. The molecule has 0 spiro atoms. The third kappa shape index (κ3) is 2.80. The molecule has 0 unspecified atom stereocenters. The molecule has 0 radical (unpaired) electrons. The van der Waals surface area contributed by atoms with E-state index in [-0.39, 0.29) is 6.09 Å². The Kier molecular flexibility index (Phi) is 3.28. The molecule has 0 fully saturated rings. The van der Waals surface area contributed by atoms with Gasteiger partial charge >= 0.3 is 6.09 Å². The molecular weight excluding hydrogens is 232 g/mol. The second kappa shape index (κ2) is 4.59. The predicted octanol–water partition coefficient (Wildman–Crippen LogP) is 1.38. The number of hydrogen-bond donors (Lipinski definition) is 0. The summed E-state index contributed by atoms with van der Waals surface area (Å²) in [5.41, 5.74) is -0.450. The normalized spacial score (nSPS) is 16.1. The van der Waals surface area contributed by atoms with E-state index in [4.69, 9.17) is 4.74 Å². The Hall–Kier alpha value is -1.59. The molecule has 100 valence electrons. The number of hydrogen-bond acceptors (Lipinski definition) is 4. The highest BCUT2D eigenvalue weighted by molar-refractivity contribution is 5.68. The maximum absolute atomic E-state index is 12.0. The van der Waals surface area contributed by atoms with Crippen molar-refractivity contribution in [2.45, 2.75) is 46.3 Å². The van der Waals surface area contributed by atoms with Crippen LogP contribution in [0.25, 0.3) is 0 Å². The zero-order chi connectivity index (χ0) is 13.3. The first-order valence-corrected chi connectivity index (χ1v) is 6.23. The quantitative estimate of drug-likeness (QED) is 0.700. The van der Waals surface area contributed by atoms with Crippen molar-refractivity contribution in [3.63, 3.8) is 0 Å². The van der Waals surface area contributed by atoms with Gasteiger partial charge in [0.2, 0.25) is 0 Å². The van der Waals surface area contributed by atoms with E-state index in [0.717, 1.165) is 24.6 Å². The van der Waals surface area contributed by atoms with Crippen LogP contribution in [0.2, 0.25) is 0 Å². The lowest BCUT2D eigenvalue weighted by atomic mass is 10.2. The predicted molar refractivity (Wildman–Crippen MR) is 66.3 cm³/mol. The van der Waals surface area contributed by atoms with Crippen LogP contribution in [0, 0.1) is 6.92 Å². The van der Waals surface area contributed by atoms with Crippen LogP contribution in [-0.2, 0) is 17.7 Å². The van der Waals surface area contributed by atoms with Gasteiger partial charge in [-0.2, -0.15) is 0 Å². The highest BCUT2D eigenvalue weighted by atomic mass is 16.6. The Balaban J connectivity index is 2.02. The van der Waals surface area contributed by atoms with E-state index in [1.807, 2.05) is 27.7 Å². The summed E-state index contributed by atoms with van der Waals surface area (Å²) in [6, 6.07) is 0. The topological polar surface area (TPSA) is 60.2 Å². The smallest absolute Gasteiger partial charge is 0.410 e. The molecule has 6 nitrogen and oxygen atoms in total. The number of carbonyl (C=O) groups excluding carboxylic acids is 1. The van der Waals surface area contributed by atoms with Crippen LogP contribution in [0.1, 0.15) is 32.4 Å². The molecular formula is C12H20N4O2. The second-order valence-corrected chi connectivity index (χ2v) is 5.53. The van der Waals surface area contributed by atoms with Gasteiger partial charge in [0.15, 0.2) is 0 Å². The minimum Gasteiger partial charge on any atom is -0.444 e. The summed E-state index contributed by atoms with van der Waals surface area (Å²) in [6.45, 7) is 9.56. The average Bonchev–Trinajstić information content (AvgIpc) is 2.48. The van der Waals surface area contributed by atoms with Gasteiger partial charge in [-0.1, -0.05) is 0 Å². The fourth-order valence-electron chi connectivity index (χ4n) is 1.98. The number of nitrogens with zero attached hydrogens (tertiary/aromatic N) is 4. The highest BCUT2D eigenvalue weighted by Crippen LogP contribution is 2.13. The van der Waals surface area contributed by atoms with Gasteiger partial charge in [0.05, 0.1) is 0 Å². The zero-order valence-corrected chi connectivity index (χ0v) is 11.4. The molecule has 0 aromatic carbocycles. The van der Waals surface area contributed by atoms with Crippen LogP contribution in [0.5, 0.6) is 0 Å². The first-order valence-electron chi connectivity index (χ1n) is 6.23. The van der Waals surface area contributed by atoms with Gasteiger partial charge in [0.1, 0.15) is 17.2 Å². The summed E-state index contributed by atoms with van der Waals surface area (Å²) in [6.07, 6.45) is 0.471. The van der Waals surface area contributed by atoms with Gasteiger partial charge in [-0.05, 0) is 27.7 Å². The molecule has 1 aromatic rings. The first kappa shape index (κ1) is 12.9. The van der Waals surface area contributed by atoms with Gasteiger partial charge in [-0.15, -0.1) is 10.2 Å². The van der Waals surface area contributed by atoms with Gasteiger partial charge in [0.25, 0.3) is 0 Å². The maximum atomic E-state index is 12.0.